The van der Waals surface area contributed by atoms with Gasteiger partial charge in [0.2, 0.25) is 5.91 Å². The van der Waals surface area contributed by atoms with Crippen molar-refractivity contribution in [3.63, 3.8) is 0 Å². The highest BCUT2D eigenvalue weighted by molar-refractivity contribution is 7.22. The summed E-state index contributed by atoms with van der Waals surface area (Å²) in [6, 6.07) is 5.77. The molecule has 0 saturated carbocycles. The molecule has 7 heteroatoms. The van der Waals surface area contributed by atoms with E-state index in [-0.39, 0.29) is 24.4 Å². The van der Waals surface area contributed by atoms with Gasteiger partial charge in [0.1, 0.15) is 6.04 Å². The van der Waals surface area contributed by atoms with E-state index in [4.69, 9.17) is 4.74 Å². The van der Waals surface area contributed by atoms with Crippen molar-refractivity contribution >= 4 is 45.0 Å². The molecule has 0 aliphatic carbocycles. The predicted octanol–water partition coefficient (Wildman–Crippen LogP) is 1.95. The number of aryl methyl sites for hydroxylation is 1. The Labute approximate surface area is 127 Å². The molecule has 2 aromatic rings. The number of benzene rings is 1. The number of nitrogens with one attached hydrogen (secondary N) is 2. The van der Waals surface area contributed by atoms with E-state index >= 15 is 0 Å². The van der Waals surface area contributed by atoms with E-state index < -0.39 is 0 Å². The molecule has 1 unspecified atom stereocenters. The second kappa shape index (κ2) is 6.49. The monoisotopic (exact) mass is 313 g/mol. The maximum atomic E-state index is 12.0. The molecule has 2 N–H and O–H groups in total. The van der Waals surface area contributed by atoms with Crippen LogP contribution in [0, 0.1) is 6.92 Å². The Morgan fingerprint density at radius 3 is 3.15 bits per heavy atom. The summed E-state index contributed by atoms with van der Waals surface area (Å²) in [4.78, 5) is 16.4. The normalized spacial score (nSPS) is 18.6. The summed E-state index contributed by atoms with van der Waals surface area (Å²) in [6.07, 6.45) is 0. The highest BCUT2D eigenvalue weighted by Crippen LogP contribution is 2.26. The number of fused-ring (bicyclic) bond motifs is 1. The molecule has 0 bridgehead atoms. The number of carbonyl (C=O) groups is 1. The molecular weight excluding hydrogens is 298 g/mol. The summed E-state index contributed by atoms with van der Waals surface area (Å²) in [7, 11) is 0. The standard InChI is InChI=1S/C13H15N3O2S.ClH/c1-8-2-3-9-11(6-8)19-13(15-9)16-12(17)10-7-18-5-4-14-10;/h2-3,6,10,14H,4-5,7H2,1H3,(H,15,16,17);1H. The third-order valence-corrected chi connectivity index (χ3v) is 3.95. The van der Waals surface area contributed by atoms with Crippen LogP contribution >= 0.6 is 23.7 Å². The summed E-state index contributed by atoms with van der Waals surface area (Å²) < 4.78 is 6.36. The maximum absolute atomic E-state index is 12.0. The van der Waals surface area contributed by atoms with Gasteiger partial charge in [-0.3, -0.25) is 4.79 Å². The number of amides is 1. The lowest BCUT2D eigenvalue weighted by molar-refractivity contribution is -0.120. The van der Waals surface area contributed by atoms with Crippen molar-refractivity contribution in [3.05, 3.63) is 23.8 Å². The average molecular weight is 314 g/mol. The summed E-state index contributed by atoms with van der Waals surface area (Å²) in [5, 5.41) is 6.61. The minimum atomic E-state index is -0.289. The lowest BCUT2D eigenvalue weighted by atomic mass is 10.2. The number of carbonyl (C=O) groups excluding carboxylic acids is 1. The minimum absolute atomic E-state index is 0. The van der Waals surface area contributed by atoms with E-state index in [1.165, 1.54) is 16.9 Å². The quantitative estimate of drug-likeness (QED) is 0.889. The second-order valence-corrected chi connectivity index (χ2v) is 5.59. The molecule has 1 saturated heterocycles. The summed E-state index contributed by atoms with van der Waals surface area (Å²) in [5.74, 6) is -0.0875. The first kappa shape index (κ1) is 15.2. The zero-order chi connectivity index (χ0) is 13.2. The molecule has 1 fully saturated rings. The molecule has 5 nitrogen and oxygen atoms in total. The van der Waals surface area contributed by atoms with Crippen LogP contribution in [0.3, 0.4) is 0 Å². The van der Waals surface area contributed by atoms with Crippen molar-refractivity contribution in [3.8, 4) is 0 Å². The van der Waals surface area contributed by atoms with Gasteiger partial charge in [-0.2, -0.15) is 0 Å². The molecule has 2 heterocycles. The lowest BCUT2D eigenvalue weighted by Crippen LogP contribution is -2.48. The Kier molecular flexibility index (Phi) is 4.93. The molecule has 1 aromatic heterocycles. The fraction of sp³-hybridized carbons (Fsp3) is 0.385. The number of anilines is 1. The van der Waals surface area contributed by atoms with E-state index in [1.54, 1.807) is 0 Å². The molecule has 3 rings (SSSR count). The zero-order valence-corrected chi connectivity index (χ0v) is 12.6. The van der Waals surface area contributed by atoms with Crippen LogP contribution in [0.2, 0.25) is 0 Å². The van der Waals surface area contributed by atoms with E-state index in [1.807, 2.05) is 19.1 Å². The lowest BCUT2D eigenvalue weighted by Gasteiger charge is -2.22. The number of aromatic nitrogens is 1. The number of rotatable bonds is 2. The second-order valence-electron chi connectivity index (χ2n) is 4.56. The topological polar surface area (TPSA) is 63.2 Å². The molecule has 1 atom stereocenters. The average Bonchev–Trinajstić information content (AvgIpc) is 2.81. The van der Waals surface area contributed by atoms with Gasteiger partial charge < -0.3 is 15.4 Å². The van der Waals surface area contributed by atoms with Gasteiger partial charge in [0.25, 0.3) is 0 Å². The van der Waals surface area contributed by atoms with Crippen LogP contribution in [0.1, 0.15) is 5.56 Å². The Morgan fingerprint density at radius 1 is 1.55 bits per heavy atom. The van der Waals surface area contributed by atoms with E-state index in [0.29, 0.717) is 24.9 Å². The van der Waals surface area contributed by atoms with Gasteiger partial charge >= 0.3 is 0 Å². The maximum Gasteiger partial charge on any atom is 0.245 e. The highest BCUT2D eigenvalue weighted by Gasteiger charge is 2.22. The van der Waals surface area contributed by atoms with E-state index in [0.717, 1.165) is 10.2 Å². The van der Waals surface area contributed by atoms with Crippen LogP contribution < -0.4 is 10.6 Å². The van der Waals surface area contributed by atoms with Gasteiger partial charge in [-0.1, -0.05) is 17.4 Å². The first-order chi connectivity index (χ1) is 9.22. The molecule has 108 valence electrons. The third kappa shape index (κ3) is 3.27. The van der Waals surface area contributed by atoms with Gasteiger partial charge in [-0.05, 0) is 24.6 Å². The number of morpholine rings is 1. The fourth-order valence-electron chi connectivity index (χ4n) is 2.01. The van der Waals surface area contributed by atoms with Crippen LogP contribution in [0.4, 0.5) is 5.13 Å². The van der Waals surface area contributed by atoms with Crippen molar-refractivity contribution in [2.45, 2.75) is 13.0 Å². The van der Waals surface area contributed by atoms with Crippen LogP contribution in [0.25, 0.3) is 10.2 Å². The smallest absolute Gasteiger partial charge is 0.245 e. The number of hydrogen-bond donors (Lipinski definition) is 2. The number of thiazole rings is 1. The number of ether oxygens (including phenoxy) is 1. The number of nitrogens with zero attached hydrogens (tertiary/aromatic N) is 1. The number of hydrogen-bond acceptors (Lipinski definition) is 5. The predicted molar refractivity (Wildman–Crippen MR) is 82.8 cm³/mol. The molecule has 1 amide bonds. The van der Waals surface area contributed by atoms with Crippen molar-refractivity contribution in [2.24, 2.45) is 0 Å². The Bertz CT molecular complexity index is 611. The molecule has 1 aromatic carbocycles. The molecular formula is C13H16ClN3O2S. The summed E-state index contributed by atoms with van der Waals surface area (Å²) in [6.45, 7) is 3.82. The summed E-state index contributed by atoms with van der Waals surface area (Å²) >= 11 is 1.49. The Balaban J connectivity index is 0.00000147. The minimum Gasteiger partial charge on any atom is -0.378 e. The van der Waals surface area contributed by atoms with Crippen LogP contribution in [0.5, 0.6) is 0 Å². The zero-order valence-electron chi connectivity index (χ0n) is 11.0. The van der Waals surface area contributed by atoms with Gasteiger partial charge in [-0.25, -0.2) is 4.98 Å². The summed E-state index contributed by atoms with van der Waals surface area (Å²) in [5.41, 5.74) is 2.11. The van der Waals surface area contributed by atoms with Crippen LogP contribution in [0.15, 0.2) is 18.2 Å². The van der Waals surface area contributed by atoms with Crippen LogP contribution in [-0.2, 0) is 9.53 Å². The van der Waals surface area contributed by atoms with Crippen molar-refractivity contribution < 1.29 is 9.53 Å². The van der Waals surface area contributed by atoms with E-state index in [9.17, 15) is 4.79 Å². The van der Waals surface area contributed by atoms with Gasteiger partial charge in [0, 0.05) is 6.54 Å². The first-order valence-corrected chi connectivity index (χ1v) is 7.03. The SMILES string of the molecule is Cc1ccc2nc(NC(=O)C3COCCN3)sc2c1.Cl. The van der Waals surface area contributed by atoms with Crippen molar-refractivity contribution in [1.29, 1.82) is 0 Å². The first-order valence-electron chi connectivity index (χ1n) is 6.21. The Morgan fingerprint density at radius 2 is 2.40 bits per heavy atom. The van der Waals surface area contributed by atoms with Crippen LogP contribution in [-0.4, -0.2) is 36.7 Å². The third-order valence-electron chi connectivity index (χ3n) is 3.01. The van der Waals surface area contributed by atoms with E-state index in [2.05, 4.69) is 21.7 Å². The molecule has 1 aliphatic heterocycles. The molecule has 0 radical (unpaired) electrons. The highest BCUT2D eigenvalue weighted by atomic mass is 35.5. The van der Waals surface area contributed by atoms with Gasteiger partial charge in [0.15, 0.2) is 5.13 Å². The van der Waals surface area contributed by atoms with Crippen molar-refractivity contribution in [1.82, 2.24) is 10.3 Å². The molecule has 20 heavy (non-hydrogen) atoms. The number of halogens is 1. The Hall–Kier alpha value is -1.21. The molecule has 1 aliphatic rings. The molecule has 0 spiro atoms. The fourth-order valence-corrected chi connectivity index (χ4v) is 2.98. The van der Waals surface area contributed by atoms with Gasteiger partial charge in [-0.15, -0.1) is 12.4 Å². The van der Waals surface area contributed by atoms with Crippen molar-refractivity contribution in [2.75, 3.05) is 25.1 Å². The largest absolute Gasteiger partial charge is 0.378 e. The van der Waals surface area contributed by atoms with Gasteiger partial charge in [0.05, 0.1) is 23.4 Å².